The third-order valence-corrected chi connectivity index (χ3v) is 2.77. The van der Waals surface area contributed by atoms with Crippen LogP contribution in [0.3, 0.4) is 0 Å². The van der Waals surface area contributed by atoms with Crippen LogP contribution in [-0.2, 0) is 4.79 Å². The third-order valence-electron chi connectivity index (χ3n) is 2.55. The van der Waals surface area contributed by atoms with E-state index in [1.54, 1.807) is 24.9 Å². The summed E-state index contributed by atoms with van der Waals surface area (Å²) in [5, 5.41) is 0.615. The molecular weight excluding hydrogens is 214 g/mol. The number of hydrogen-bond acceptors (Lipinski definition) is 2. The largest absolute Gasteiger partial charge is 0.478 e. The predicted octanol–water partition coefficient (Wildman–Crippen LogP) is 2.39. The molecule has 0 radical (unpaired) electrons. The van der Waals surface area contributed by atoms with Crippen molar-refractivity contribution in [3.63, 3.8) is 0 Å². The molecule has 1 aliphatic rings. The highest BCUT2D eigenvalue weighted by atomic mass is 35.5. The number of benzene rings is 1. The number of hydrogen-bond donors (Lipinski definition) is 0. The van der Waals surface area contributed by atoms with Crippen molar-refractivity contribution in [3.05, 3.63) is 22.7 Å². The lowest BCUT2D eigenvalue weighted by Gasteiger charge is -2.31. The van der Waals surface area contributed by atoms with E-state index in [2.05, 4.69) is 0 Å². The van der Waals surface area contributed by atoms with Crippen molar-refractivity contribution < 1.29 is 9.53 Å². The zero-order valence-corrected chi connectivity index (χ0v) is 9.63. The first-order valence-corrected chi connectivity index (χ1v) is 5.13. The van der Waals surface area contributed by atoms with Crippen LogP contribution < -0.4 is 9.64 Å². The van der Waals surface area contributed by atoms with Crippen molar-refractivity contribution in [1.29, 1.82) is 0 Å². The molecule has 0 fully saturated rings. The van der Waals surface area contributed by atoms with Gasteiger partial charge < -0.3 is 9.64 Å². The molecule has 0 aliphatic carbocycles. The van der Waals surface area contributed by atoms with E-state index in [9.17, 15) is 4.79 Å². The van der Waals surface area contributed by atoms with E-state index in [-0.39, 0.29) is 5.91 Å². The minimum atomic E-state index is -0.428. The van der Waals surface area contributed by atoms with Gasteiger partial charge in [-0.2, -0.15) is 0 Å². The third kappa shape index (κ3) is 1.57. The number of carbonyl (C=O) groups excluding carboxylic acids is 1. The van der Waals surface area contributed by atoms with E-state index in [1.807, 2.05) is 13.0 Å². The number of aryl methyl sites for hydroxylation is 1. The zero-order chi connectivity index (χ0) is 11.2. The van der Waals surface area contributed by atoms with Gasteiger partial charge in [0.05, 0.1) is 5.69 Å². The fourth-order valence-corrected chi connectivity index (χ4v) is 2.00. The van der Waals surface area contributed by atoms with Crippen LogP contribution in [0.5, 0.6) is 5.75 Å². The summed E-state index contributed by atoms with van der Waals surface area (Å²) >= 11 is 5.94. The first-order chi connectivity index (χ1) is 7.00. The van der Waals surface area contributed by atoms with Crippen molar-refractivity contribution in [2.75, 3.05) is 11.9 Å². The summed E-state index contributed by atoms with van der Waals surface area (Å²) < 4.78 is 5.55. The second kappa shape index (κ2) is 3.42. The van der Waals surface area contributed by atoms with Crippen molar-refractivity contribution in [3.8, 4) is 5.75 Å². The van der Waals surface area contributed by atoms with Gasteiger partial charge in [0.1, 0.15) is 5.75 Å². The molecule has 80 valence electrons. The maximum Gasteiger partial charge on any atom is 0.267 e. The quantitative estimate of drug-likeness (QED) is 0.679. The van der Waals surface area contributed by atoms with Gasteiger partial charge in [-0.15, -0.1) is 0 Å². The molecule has 0 aromatic heterocycles. The molecule has 0 bridgehead atoms. The fourth-order valence-electron chi connectivity index (χ4n) is 1.73. The highest BCUT2D eigenvalue weighted by Gasteiger charge is 2.30. The fraction of sp³-hybridized carbons (Fsp3) is 0.364. The Morgan fingerprint density at radius 3 is 2.80 bits per heavy atom. The van der Waals surface area contributed by atoms with Crippen LogP contribution in [0, 0.1) is 6.92 Å². The number of halogens is 1. The lowest BCUT2D eigenvalue weighted by Crippen LogP contribution is -2.42. The number of anilines is 1. The predicted molar refractivity (Wildman–Crippen MR) is 59.7 cm³/mol. The molecule has 1 unspecified atom stereocenters. The molecular formula is C11H12ClNO2. The van der Waals surface area contributed by atoms with Crippen LogP contribution in [-0.4, -0.2) is 19.1 Å². The Kier molecular flexibility index (Phi) is 2.35. The van der Waals surface area contributed by atoms with E-state index in [4.69, 9.17) is 16.3 Å². The van der Waals surface area contributed by atoms with Gasteiger partial charge in [-0.25, -0.2) is 0 Å². The molecule has 1 amide bonds. The van der Waals surface area contributed by atoms with Gasteiger partial charge in [-0.1, -0.05) is 11.6 Å². The lowest BCUT2D eigenvalue weighted by atomic mass is 10.1. The maximum absolute atomic E-state index is 11.7. The van der Waals surface area contributed by atoms with Gasteiger partial charge in [-0.3, -0.25) is 4.79 Å². The van der Waals surface area contributed by atoms with Crippen molar-refractivity contribution in [2.24, 2.45) is 0 Å². The summed E-state index contributed by atoms with van der Waals surface area (Å²) in [6.45, 7) is 3.66. The summed E-state index contributed by atoms with van der Waals surface area (Å²) in [5.74, 6) is 0.693. The van der Waals surface area contributed by atoms with Crippen LogP contribution in [0.1, 0.15) is 12.5 Å². The summed E-state index contributed by atoms with van der Waals surface area (Å²) in [4.78, 5) is 13.3. The number of fused-ring (bicyclic) bond motifs is 1. The molecule has 3 nitrogen and oxygen atoms in total. The lowest BCUT2D eigenvalue weighted by molar-refractivity contribution is -0.125. The molecule has 1 aliphatic heterocycles. The summed E-state index contributed by atoms with van der Waals surface area (Å²) in [6, 6.07) is 3.57. The molecule has 2 rings (SSSR count). The minimum Gasteiger partial charge on any atom is -0.478 e. The molecule has 0 saturated carbocycles. The Morgan fingerprint density at radius 1 is 1.47 bits per heavy atom. The van der Waals surface area contributed by atoms with E-state index in [0.29, 0.717) is 5.02 Å². The highest BCUT2D eigenvalue weighted by Crippen LogP contribution is 2.38. The summed E-state index contributed by atoms with van der Waals surface area (Å²) in [7, 11) is 1.73. The van der Waals surface area contributed by atoms with Crippen LogP contribution in [0.15, 0.2) is 12.1 Å². The molecule has 0 saturated heterocycles. The number of ether oxygens (including phenoxy) is 1. The Balaban J connectivity index is 2.60. The second-order valence-corrected chi connectivity index (χ2v) is 4.16. The van der Waals surface area contributed by atoms with Gasteiger partial charge >= 0.3 is 0 Å². The summed E-state index contributed by atoms with van der Waals surface area (Å²) in [6.07, 6.45) is -0.428. The van der Waals surface area contributed by atoms with Crippen LogP contribution >= 0.6 is 11.6 Å². The number of amides is 1. The Morgan fingerprint density at radius 2 is 2.13 bits per heavy atom. The van der Waals surface area contributed by atoms with Crippen LogP contribution in [0.4, 0.5) is 5.69 Å². The summed E-state index contributed by atoms with van der Waals surface area (Å²) in [5.41, 5.74) is 1.69. The Labute approximate surface area is 93.6 Å². The average Bonchev–Trinajstić information content (AvgIpc) is 2.17. The Hall–Kier alpha value is -1.22. The van der Waals surface area contributed by atoms with Crippen molar-refractivity contribution >= 4 is 23.2 Å². The standard InChI is InChI=1S/C11H12ClNO2/c1-6-4-8(12)5-9-10(6)15-7(2)11(14)13(9)3/h4-5,7H,1-3H3. The maximum atomic E-state index is 11.7. The Bertz CT molecular complexity index is 431. The van der Waals surface area contributed by atoms with E-state index in [1.165, 1.54) is 0 Å². The smallest absolute Gasteiger partial charge is 0.267 e. The molecule has 4 heteroatoms. The van der Waals surface area contributed by atoms with E-state index >= 15 is 0 Å². The average molecular weight is 226 g/mol. The van der Waals surface area contributed by atoms with Crippen LogP contribution in [0.2, 0.25) is 5.02 Å². The monoisotopic (exact) mass is 225 g/mol. The second-order valence-electron chi connectivity index (χ2n) is 3.73. The number of likely N-dealkylation sites (N-methyl/N-ethyl adjacent to an activating group) is 1. The molecule has 0 spiro atoms. The molecule has 1 atom stereocenters. The molecule has 0 N–H and O–H groups in total. The molecule has 1 aromatic rings. The van der Waals surface area contributed by atoms with E-state index in [0.717, 1.165) is 17.0 Å². The first kappa shape index (κ1) is 10.3. The van der Waals surface area contributed by atoms with Gasteiger partial charge in [0, 0.05) is 12.1 Å². The van der Waals surface area contributed by atoms with Crippen molar-refractivity contribution in [1.82, 2.24) is 0 Å². The number of carbonyl (C=O) groups is 1. The highest BCUT2D eigenvalue weighted by molar-refractivity contribution is 6.31. The SMILES string of the molecule is Cc1cc(Cl)cc2c1OC(C)C(=O)N2C. The minimum absolute atomic E-state index is 0.0517. The van der Waals surface area contributed by atoms with Crippen LogP contribution in [0.25, 0.3) is 0 Å². The molecule has 1 aromatic carbocycles. The van der Waals surface area contributed by atoms with E-state index < -0.39 is 6.10 Å². The number of rotatable bonds is 0. The van der Waals surface area contributed by atoms with Crippen molar-refractivity contribution in [2.45, 2.75) is 20.0 Å². The van der Waals surface area contributed by atoms with Gasteiger partial charge in [0.15, 0.2) is 6.10 Å². The molecule has 1 heterocycles. The van der Waals surface area contributed by atoms with Gasteiger partial charge in [0.2, 0.25) is 0 Å². The first-order valence-electron chi connectivity index (χ1n) is 4.75. The topological polar surface area (TPSA) is 29.5 Å². The van der Waals surface area contributed by atoms with Gasteiger partial charge in [0.25, 0.3) is 5.91 Å². The normalized spacial score (nSPS) is 19.9. The molecule has 15 heavy (non-hydrogen) atoms. The number of nitrogens with zero attached hydrogens (tertiary/aromatic N) is 1. The van der Waals surface area contributed by atoms with Gasteiger partial charge in [-0.05, 0) is 31.5 Å². The zero-order valence-electron chi connectivity index (χ0n) is 8.87.